The molecular formula is C14H15N3O2. The maximum absolute atomic E-state index is 12.0. The van der Waals surface area contributed by atoms with Gasteiger partial charge in [-0.1, -0.05) is 29.8 Å². The zero-order valence-corrected chi connectivity index (χ0v) is 10.5. The van der Waals surface area contributed by atoms with Crippen molar-refractivity contribution < 1.29 is 9.90 Å². The molecule has 1 unspecified atom stereocenters. The molecule has 0 saturated carbocycles. The number of hydrogen-bond donors (Lipinski definition) is 3. The van der Waals surface area contributed by atoms with E-state index in [1.807, 2.05) is 19.1 Å². The minimum atomic E-state index is -0.804. The van der Waals surface area contributed by atoms with Gasteiger partial charge in [-0.15, -0.1) is 0 Å². The summed E-state index contributed by atoms with van der Waals surface area (Å²) in [6.45, 7) is 1.96. The molecule has 1 aromatic carbocycles. The molecule has 0 spiro atoms. The summed E-state index contributed by atoms with van der Waals surface area (Å²) < 4.78 is 0. The van der Waals surface area contributed by atoms with Crippen LogP contribution in [0.15, 0.2) is 42.6 Å². The summed E-state index contributed by atoms with van der Waals surface area (Å²) in [5, 5.41) is 12.0. The standard InChI is InChI=1S/C14H15N3O2/c1-9-4-6-10(7-5-9)12(15)14(19)17-13-11(18)3-2-8-16-13/h2-8,12,18H,15H2,1H3,(H,16,17,19). The van der Waals surface area contributed by atoms with Gasteiger partial charge in [0.15, 0.2) is 11.6 Å². The van der Waals surface area contributed by atoms with Crippen molar-refractivity contribution in [2.45, 2.75) is 13.0 Å². The Kier molecular flexibility index (Phi) is 3.77. The predicted octanol–water partition coefficient (Wildman–Crippen LogP) is 1.73. The van der Waals surface area contributed by atoms with Gasteiger partial charge >= 0.3 is 0 Å². The van der Waals surface area contributed by atoms with E-state index < -0.39 is 11.9 Å². The maximum atomic E-state index is 12.0. The Labute approximate surface area is 111 Å². The van der Waals surface area contributed by atoms with Crippen molar-refractivity contribution in [3.8, 4) is 5.75 Å². The maximum Gasteiger partial charge on any atom is 0.247 e. The Hall–Kier alpha value is -2.40. The zero-order chi connectivity index (χ0) is 13.8. The molecule has 1 atom stereocenters. The number of hydrogen-bond acceptors (Lipinski definition) is 4. The van der Waals surface area contributed by atoms with Gasteiger partial charge in [0, 0.05) is 6.20 Å². The Morgan fingerprint density at radius 1 is 1.32 bits per heavy atom. The van der Waals surface area contributed by atoms with Crippen LogP contribution in [0.2, 0.25) is 0 Å². The van der Waals surface area contributed by atoms with Crippen LogP contribution in [0.5, 0.6) is 5.75 Å². The molecule has 0 aliphatic carbocycles. The van der Waals surface area contributed by atoms with Gasteiger partial charge in [0.2, 0.25) is 5.91 Å². The second-order valence-corrected chi connectivity index (χ2v) is 4.25. The fraction of sp³-hybridized carbons (Fsp3) is 0.143. The molecule has 1 amide bonds. The highest BCUT2D eigenvalue weighted by molar-refractivity contribution is 5.95. The number of amides is 1. The van der Waals surface area contributed by atoms with Crippen molar-refractivity contribution in [2.24, 2.45) is 5.73 Å². The molecule has 0 radical (unpaired) electrons. The fourth-order valence-corrected chi connectivity index (χ4v) is 1.61. The molecule has 1 aromatic heterocycles. The highest BCUT2D eigenvalue weighted by atomic mass is 16.3. The van der Waals surface area contributed by atoms with Gasteiger partial charge in [0.05, 0.1) is 0 Å². The van der Waals surface area contributed by atoms with E-state index in [0.717, 1.165) is 5.56 Å². The van der Waals surface area contributed by atoms with E-state index in [-0.39, 0.29) is 11.6 Å². The number of aryl methyl sites for hydroxylation is 1. The molecule has 19 heavy (non-hydrogen) atoms. The number of nitrogens with one attached hydrogen (secondary N) is 1. The minimum Gasteiger partial charge on any atom is -0.504 e. The number of pyridine rings is 1. The first-order valence-electron chi connectivity index (χ1n) is 5.85. The molecule has 0 aliphatic heterocycles. The molecule has 5 nitrogen and oxygen atoms in total. The van der Waals surface area contributed by atoms with E-state index in [0.29, 0.717) is 5.56 Å². The smallest absolute Gasteiger partial charge is 0.247 e. The lowest BCUT2D eigenvalue weighted by Gasteiger charge is -2.12. The van der Waals surface area contributed by atoms with Gasteiger partial charge < -0.3 is 16.2 Å². The number of benzene rings is 1. The van der Waals surface area contributed by atoms with Gasteiger partial charge in [-0.05, 0) is 24.6 Å². The number of aromatic nitrogens is 1. The Morgan fingerprint density at radius 3 is 2.63 bits per heavy atom. The van der Waals surface area contributed by atoms with Gasteiger partial charge in [-0.3, -0.25) is 4.79 Å². The number of carbonyl (C=O) groups excluding carboxylic acids is 1. The van der Waals surface area contributed by atoms with Crippen LogP contribution < -0.4 is 11.1 Å². The molecular weight excluding hydrogens is 242 g/mol. The van der Waals surface area contributed by atoms with Crippen molar-refractivity contribution in [3.63, 3.8) is 0 Å². The minimum absolute atomic E-state index is 0.0908. The molecule has 5 heteroatoms. The van der Waals surface area contributed by atoms with Crippen LogP contribution in [0.25, 0.3) is 0 Å². The number of rotatable bonds is 3. The highest BCUT2D eigenvalue weighted by Crippen LogP contribution is 2.20. The fourth-order valence-electron chi connectivity index (χ4n) is 1.61. The summed E-state index contributed by atoms with van der Waals surface area (Å²) in [6, 6.07) is 9.60. The topological polar surface area (TPSA) is 88.2 Å². The van der Waals surface area contributed by atoms with Crippen molar-refractivity contribution >= 4 is 11.7 Å². The third kappa shape index (κ3) is 3.08. The number of anilines is 1. The van der Waals surface area contributed by atoms with Crippen molar-refractivity contribution in [2.75, 3.05) is 5.32 Å². The first-order valence-corrected chi connectivity index (χ1v) is 5.85. The number of aromatic hydroxyl groups is 1. The normalized spacial score (nSPS) is 11.9. The Bertz CT molecular complexity index is 581. The number of nitrogens with two attached hydrogens (primary N) is 1. The van der Waals surface area contributed by atoms with Crippen molar-refractivity contribution in [3.05, 3.63) is 53.7 Å². The third-order valence-corrected chi connectivity index (χ3v) is 2.75. The Morgan fingerprint density at radius 2 is 2.00 bits per heavy atom. The van der Waals surface area contributed by atoms with Crippen LogP contribution in [0, 0.1) is 6.92 Å². The van der Waals surface area contributed by atoms with Crippen LogP contribution in [-0.2, 0) is 4.79 Å². The SMILES string of the molecule is Cc1ccc(C(N)C(=O)Nc2ncccc2O)cc1. The van der Waals surface area contributed by atoms with Gasteiger partial charge in [0.1, 0.15) is 6.04 Å². The summed E-state index contributed by atoms with van der Waals surface area (Å²) in [5.74, 6) is -0.403. The summed E-state index contributed by atoms with van der Waals surface area (Å²) in [6.07, 6.45) is 1.48. The van der Waals surface area contributed by atoms with E-state index in [1.54, 1.807) is 18.2 Å². The lowest BCUT2D eigenvalue weighted by molar-refractivity contribution is -0.117. The van der Waals surface area contributed by atoms with Crippen LogP contribution in [0.4, 0.5) is 5.82 Å². The first kappa shape index (κ1) is 13.0. The van der Waals surface area contributed by atoms with Crippen molar-refractivity contribution in [1.29, 1.82) is 0 Å². The summed E-state index contributed by atoms with van der Waals surface area (Å²) in [5.41, 5.74) is 7.67. The van der Waals surface area contributed by atoms with Crippen LogP contribution in [-0.4, -0.2) is 16.0 Å². The molecule has 0 fully saturated rings. The largest absolute Gasteiger partial charge is 0.504 e. The Balaban J connectivity index is 2.12. The summed E-state index contributed by atoms with van der Waals surface area (Å²) >= 11 is 0. The van der Waals surface area contributed by atoms with E-state index in [4.69, 9.17) is 5.73 Å². The first-order chi connectivity index (χ1) is 9.08. The van der Waals surface area contributed by atoms with Crippen LogP contribution >= 0.6 is 0 Å². The molecule has 4 N–H and O–H groups in total. The average molecular weight is 257 g/mol. The van der Waals surface area contributed by atoms with E-state index in [2.05, 4.69) is 10.3 Å². The second kappa shape index (κ2) is 5.49. The summed E-state index contributed by atoms with van der Waals surface area (Å²) in [4.78, 5) is 15.8. The van der Waals surface area contributed by atoms with Crippen LogP contribution in [0.1, 0.15) is 17.2 Å². The molecule has 2 aromatic rings. The molecule has 0 saturated heterocycles. The van der Waals surface area contributed by atoms with Gasteiger partial charge in [0.25, 0.3) is 0 Å². The predicted molar refractivity (Wildman–Crippen MR) is 72.6 cm³/mol. The average Bonchev–Trinajstić information content (AvgIpc) is 2.41. The number of nitrogens with zero attached hydrogens (tertiary/aromatic N) is 1. The monoisotopic (exact) mass is 257 g/mol. The summed E-state index contributed by atoms with van der Waals surface area (Å²) in [7, 11) is 0. The van der Waals surface area contributed by atoms with Gasteiger partial charge in [-0.2, -0.15) is 0 Å². The second-order valence-electron chi connectivity index (χ2n) is 4.25. The van der Waals surface area contributed by atoms with E-state index in [9.17, 15) is 9.90 Å². The van der Waals surface area contributed by atoms with Crippen molar-refractivity contribution in [1.82, 2.24) is 4.98 Å². The zero-order valence-electron chi connectivity index (χ0n) is 10.5. The van der Waals surface area contributed by atoms with Gasteiger partial charge in [-0.25, -0.2) is 4.98 Å². The molecule has 2 rings (SSSR count). The molecule has 1 heterocycles. The molecule has 0 bridgehead atoms. The highest BCUT2D eigenvalue weighted by Gasteiger charge is 2.17. The van der Waals surface area contributed by atoms with E-state index in [1.165, 1.54) is 12.3 Å². The quantitative estimate of drug-likeness (QED) is 0.781. The molecule has 98 valence electrons. The molecule has 0 aliphatic rings. The lowest BCUT2D eigenvalue weighted by Crippen LogP contribution is -2.28. The third-order valence-electron chi connectivity index (χ3n) is 2.75. The lowest BCUT2D eigenvalue weighted by atomic mass is 10.1. The number of carbonyl (C=O) groups is 1. The van der Waals surface area contributed by atoms with Crippen LogP contribution in [0.3, 0.4) is 0 Å². The van der Waals surface area contributed by atoms with E-state index >= 15 is 0 Å².